The molecule has 2 heterocycles. The molecule has 3 rings (SSSR count). The first-order chi connectivity index (χ1) is 14.9. The number of hydrogen-bond acceptors (Lipinski definition) is 6. The van der Waals surface area contributed by atoms with Gasteiger partial charge in [-0.15, -0.1) is 0 Å². The number of carbonyl (C=O) groups excluding carboxylic acids is 2. The summed E-state index contributed by atoms with van der Waals surface area (Å²) >= 11 is 0. The van der Waals surface area contributed by atoms with Crippen molar-refractivity contribution in [3.63, 3.8) is 0 Å². The molecule has 1 unspecified atom stereocenters. The third-order valence-electron chi connectivity index (χ3n) is 6.23. The second-order valence-corrected chi connectivity index (χ2v) is 8.21. The van der Waals surface area contributed by atoms with E-state index < -0.39 is 12.0 Å². The largest absolute Gasteiger partial charge is 0.496 e. The van der Waals surface area contributed by atoms with Crippen LogP contribution in [0.15, 0.2) is 35.5 Å². The van der Waals surface area contributed by atoms with Crippen LogP contribution in [-0.2, 0) is 9.53 Å². The molecule has 1 aromatic carbocycles. The molecule has 1 N–H and O–H groups in total. The van der Waals surface area contributed by atoms with Crippen LogP contribution in [0.1, 0.15) is 31.4 Å². The van der Waals surface area contributed by atoms with Gasteiger partial charge in [0.25, 0.3) is 0 Å². The van der Waals surface area contributed by atoms with Gasteiger partial charge in [-0.05, 0) is 53.0 Å². The number of methoxy groups -OCH3 is 1. The Kier molecular flexibility index (Phi) is 7.56. The number of carbonyl (C=O) groups is 2. The summed E-state index contributed by atoms with van der Waals surface area (Å²) in [6, 6.07) is 6.93. The summed E-state index contributed by atoms with van der Waals surface area (Å²) in [7, 11) is 7.47. The molecule has 2 aliphatic heterocycles. The van der Waals surface area contributed by atoms with E-state index in [0.29, 0.717) is 29.6 Å². The van der Waals surface area contributed by atoms with Gasteiger partial charge in [0.1, 0.15) is 5.75 Å². The van der Waals surface area contributed by atoms with Crippen molar-refractivity contribution in [1.82, 2.24) is 20.0 Å². The van der Waals surface area contributed by atoms with Crippen LogP contribution in [-0.4, -0.2) is 87.2 Å². The third-order valence-corrected chi connectivity index (χ3v) is 6.23. The van der Waals surface area contributed by atoms with Gasteiger partial charge in [0.05, 0.1) is 25.3 Å². The van der Waals surface area contributed by atoms with Gasteiger partial charge in [0.15, 0.2) is 0 Å². The van der Waals surface area contributed by atoms with E-state index in [2.05, 4.69) is 29.2 Å². The quantitative estimate of drug-likeness (QED) is 0.669. The first-order valence-electron chi connectivity index (χ1n) is 10.8. The first-order valence-corrected chi connectivity index (χ1v) is 10.8. The number of nitrogens with zero attached hydrogens (tertiary/aromatic N) is 3. The van der Waals surface area contributed by atoms with E-state index in [0.717, 1.165) is 31.5 Å². The van der Waals surface area contributed by atoms with Gasteiger partial charge in [0, 0.05) is 30.9 Å². The van der Waals surface area contributed by atoms with Crippen LogP contribution in [0.5, 0.6) is 5.75 Å². The molecule has 0 spiro atoms. The maximum absolute atomic E-state index is 13.1. The van der Waals surface area contributed by atoms with Gasteiger partial charge in [-0.3, -0.25) is 9.80 Å². The number of esters is 1. The van der Waals surface area contributed by atoms with E-state index in [1.807, 2.05) is 24.3 Å². The minimum atomic E-state index is -0.639. The average molecular weight is 431 g/mol. The number of likely N-dealkylation sites (N-methyl/N-ethyl adjacent to an activating group) is 2. The smallest absolute Gasteiger partial charge is 0.338 e. The standard InChI is InChI=1S/C23H34N4O4/c1-6-31-22(28)20-18(15-26(3)16-11-13-25(2)14-12-16)27(4)23(29)24-21(20)17-9-7-8-10-19(17)30-5/h7-10,16,21H,6,11-15H2,1-5H3,(H,24,29). The summed E-state index contributed by atoms with van der Waals surface area (Å²) in [6.07, 6.45) is 2.11. The van der Waals surface area contributed by atoms with E-state index in [1.54, 1.807) is 21.1 Å². The van der Waals surface area contributed by atoms with Crippen molar-refractivity contribution in [2.45, 2.75) is 31.8 Å². The van der Waals surface area contributed by atoms with Crippen molar-refractivity contribution in [1.29, 1.82) is 0 Å². The van der Waals surface area contributed by atoms with Crippen LogP contribution in [0.4, 0.5) is 4.79 Å². The van der Waals surface area contributed by atoms with Crippen LogP contribution >= 0.6 is 0 Å². The van der Waals surface area contributed by atoms with Gasteiger partial charge in [-0.25, -0.2) is 9.59 Å². The van der Waals surface area contributed by atoms with E-state index in [9.17, 15) is 9.59 Å². The molecule has 8 heteroatoms. The number of piperidine rings is 1. The Hall–Kier alpha value is -2.58. The van der Waals surface area contributed by atoms with Crippen LogP contribution in [0.25, 0.3) is 0 Å². The molecule has 170 valence electrons. The molecule has 2 aliphatic rings. The van der Waals surface area contributed by atoms with Crippen molar-refractivity contribution >= 4 is 12.0 Å². The Labute approximate surface area is 184 Å². The number of ether oxygens (including phenoxy) is 2. The molecule has 0 bridgehead atoms. The maximum atomic E-state index is 13.1. The van der Waals surface area contributed by atoms with Crippen LogP contribution in [0.3, 0.4) is 0 Å². The summed E-state index contributed by atoms with van der Waals surface area (Å²) in [5, 5.41) is 2.96. The molecule has 2 amide bonds. The Morgan fingerprint density at radius 2 is 1.90 bits per heavy atom. The first kappa shape index (κ1) is 23.1. The lowest BCUT2D eigenvalue weighted by molar-refractivity contribution is -0.139. The zero-order chi connectivity index (χ0) is 22.5. The molecular weight excluding hydrogens is 396 g/mol. The number of nitrogens with one attached hydrogen (secondary N) is 1. The molecule has 1 saturated heterocycles. The Morgan fingerprint density at radius 1 is 1.23 bits per heavy atom. The van der Waals surface area contributed by atoms with Gasteiger partial charge >= 0.3 is 12.0 Å². The predicted molar refractivity (Wildman–Crippen MR) is 119 cm³/mol. The van der Waals surface area contributed by atoms with Gasteiger partial charge < -0.3 is 19.7 Å². The second kappa shape index (κ2) is 10.2. The normalized spacial score (nSPS) is 20.8. The van der Waals surface area contributed by atoms with E-state index in [-0.39, 0.29) is 12.6 Å². The van der Waals surface area contributed by atoms with Crippen molar-refractivity contribution in [2.75, 3.05) is 54.5 Å². The summed E-state index contributed by atoms with van der Waals surface area (Å²) < 4.78 is 10.9. The molecule has 8 nitrogen and oxygen atoms in total. The minimum Gasteiger partial charge on any atom is -0.496 e. The highest BCUT2D eigenvalue weighted by atomic mass is 16.5. The molecule has 0 saturated carbocycles. The average Bonchev–Trinajstić information content (AvgIpc) is 2.77. The highest BCUT2D eigenvalue weighted by Crippen LogP contribution is 2.36. The van der Waals surface area contributed by atoms with E-state index in [4.69, 9.17) is 9.47 Å². The number of rotatable bonds is 7. The Bertz CT molecular complexity index is 833. The Morgan fingerprint density at radius 3 is 2.55 bits per heavy atom. The molecule has 1 aromatic rings. The van der Waals surface area contributed by atoms with Crippen LogP contribution < -0.4 is 10.1 Å². The fourth-order valence-corrected chi connectivity index (χ4v) is 4.34. The zero-order valence-corrected chi connectivity index (χ0v) is 19.2. The predicted octanol–water partition coefficient (Wildman–Crippen LogP) is 2.23. The molecule has 1 atom stereocenters. The number of hydrogen-bond donors (Lipinski definition) is 1. The molecule has 0 radical (unpaired) electrons. The van der Waals surface area contributed by atoms with Crippen molar-refractivity contribution in [2.24, 2.45) is 0 Å². The number of para-hydroxylation sites is 1. The zero-order valence-electron chi connectivity index (χ0n) is 19.2. The summed E-state index contributed by atoms with van der Waals surface area (Å²) in [4.78, 5) is 32.1. The highest BCUT2D eigenvalue weighted by Gasteiger charge is 2.38. The second-order valence-electron chi connectivity index (χ2n) is 8.21. The van der Waals surface area contributed by atoms with Gasteiger partial charge in [-0.1, -0.05) is 18.2 Å². The fraction of sp³-hybridized carbons (Fsp3) is 0.565. The van der Waals surface area contributed by atoms with Gasteiger partial charge in [0.2, 0.25) is 0 Å². The number of benzene rings is 1. The van der Waals surface area contributed by atoms with Crippen molar-refractivity contribution in [3.05, 3.63) is 41.1 Å². The summed E-state index contributed by atoms with van der Waals surface area (Å²) in [5.41, 5.74) is 1.85. The minimum absolute atomic E-state index is 0.254. The van der Waals surface area contributed by atoms with Gasteiger partial charge in [-0.2, -0.15) is 0 Å². The topological polar surface area (TPSA) is 74.4 Å². The summed E-state index contributed by atoms with van der Waals surface area (Å²) in [5.74, 6) is 0.194. The Balaban J connectivity index is 2.02. The SMILES string of the molecule is CCOC(=O)C1=C(CN(C)C2CCN(C)CC2)N(C)C(=O)NC1c1ccccc1OC. The molecule has 31 heavy (non-hydrogen) atoms. The van der Waals surface area contributed by atoms with Crippen molar-refractivity contribution in [3.8, 4) is 5.75 Å². The third kappa shape index (κ3) is 5.02. The summed E-state index contributed by atoms with van der Waals surface area (Å²) in [6.45, 7) is 4.61. The van der Waals surface area contributed by atoms with E-state index in [1.165, 1.54) is 4.90 Å². The highest BCUT2D eigenvalue weighted by molar-refractivity contribution is 5.95. The number of likely N-dealkylation sites (tertiary alicyclic amines) is 1. The number of amides is 2. The van der Waals surface area contributed by atoms with Crippen molar-refractivity contribution < 1.29 is 19.1 Å². The fourth-order valence-electron chi connectivity index (χ4n) is 4.34. The molecule has 1 fully saturated rings. The monoisotopic (exact) mass is 430 g/mol. The van der Waals surface area contributed by atoms with Crippen LogP contribution in [0.2, 0.25) is 0 Å². The number of urea groups is 1. The lowest BCUT2D eigenvalue weighted by Crippen LogP contribution is -2.50. The lowest BCUT2D eigenvalue weighted by atomic mass is 9.93. The lowest BCUT2D eigenvalue weighted by Gasteiger charge is -2.39. The molecule has 0 aliphatic carbocycles. The van der Waals surface area contributed by atoms with E-state index >= 15 is 0 Å². The molecule has 0 aromatic heterocycles. The van der Waals surface area contributed by atoms with Crippen LogP contribution in [0, 0.1) is 0 Å². The molecular formula is C23H34N4O4. The maximum Gasteiger partial charge on any atom is 0.338 e.